The van der Waals surface area contributed by atoms with Crippen LogP contribution in [0.15, 0.2) is 30.3 Å². The molecule has 1 aromatic rings. The Balaban J connectivity index is 2.02. The first kappa shape index (κ1) is 17.6. The van der Waals surface area contributed by atoms with Gasteiger partial charge in [0.15, 0.2) is 8.32 Å². The largest absolute Gasteiger partial charge is 0.414 e. The predicted molar refractivity (Wildman–Crippen MR) is 89.2 cm³/mol. The van der Waals surface area contributed by atoms with Crippen molar-refractivity contribution < 1.29 is 19.4 Å². The summed E-state index contributed by atoms with van der Waals surface area (Å²) in [6, 6.07) is 9.52. The summed E-state index contributed by atoms with van der Waals surface area (Å²) in [5.41, 5.74) is 0.879. The molecule has 0 aliphatic carbocycles. The van der Waals surface area contributed by atoms with Gasteiger partial charge in [-0.15, -0.1) is 0 Å². The molecule has 0 aromatic heterocycles. The molecule has 0 radical (unpaired) electrons. The number of aliphatic hydroxyl groups excluding tert-OH is 2. The van der Waals surface area contributed by atoms with Crippen LogP contribution in [0, 0.1) is 0 Å². The molecular weight excluding hydrogens is 296 g/mol. The second-order valence-electron chi connectivity index (χ2n) is 7.56. The monoisotopic (exact) mass is 324 g/mol. The third-order valence-corrected chi connectivity index (χ3v) is 9.41. The van der Waals surface area contributed by atoms with Gasteiger partial charge in [-0.25, -0.2) is 0 Å². The first-order chi connectivity index (χ1) is 10.1. The number of hydrogen-bond donors (Lipinski definition) is 2. The molecule has 124 valence electrons. The fraction of sp³-hybridized carbons (Fsp3) is 0.647. The molecule has 1 fully saturated rings. The normalized spacial score (nSPS) is 29.8. The summed E-state index contributed by atoms with van der Waals surface area (Å²) in [5, 5.41) is 20.6. The van der Waals surface area contributed by atoms with E-state index in [1.54, 1.807) is 0 Å². The van der Waals surface area contributed by atoms with Gasteiger partial charge in [-0.1, -0.05) is 51.1 Å². The van der Waals surface area contributed by atoms with Crippen LogP contribution in [0.4, 0.5) is 0 Å². The summed E-state index contributed by atoms with van der Waals surface area (Å²) < 4.78 is 12.0. The lowest BCUT2D eigenvalue weighted by molar-refractivity contribution is -0.0197. The minimum absolute atomic E-state index is 0.105. The molecule has 1 saturated heterocycles. The number of aliphatic hydroxyl groups is 2. The first-order valence-corrected chi connectivity index (χ1v) is 10.7. The number of ether oxygens (including phenoxy) is 1. The molecule has 22 heavy (non-hydrogen) atoms. The minimum Gasteiger partial charge on any atom is -0.414 e. The van der Waals surface area contributed by atoms with E-state index in [4.69, 9.17) is 9.16 Å². The second kappa shape index (κ2) is 6.41. The quantitative estimate of drug-likeness (QED) is 0.836. The summed E-state index contributed by atoms with van der Waals surface area (Å²) in [4.78, 5) is 0. The molecule has 2 N–H and O–H groups in total. The van der Waals surface area contributed by atoms with Gasteiger partial charge in [-0.2, -0.15) is 0 Å². The van der Waals surface area contributed by atoms with Crippen molar-refractivity contribution in [1.29, 1.82) is 0 Å². The van der Waals surface area contributed by atoms with Gasteiger partial charge in [-0.3, -0.25) is 0 Å². The van der Waals surface area contributed by atoms with Crippen LogP contribution in [-0.2, 0) is 9.16 Å². The van der Waals surface area contributed by atoms with E-state index in [2.05, 4.69) is 33.9 Å². The van der Waals surface area contributed by atoms with Crippen molar-refractivity contribution in [3.05, 3.63) is 35.9 Å². The molecule has 1 aliphatic rings. The highest BCUT2D eigenvalue weighted by atomic mass is 28.4. The van der Waals surface area contributed by atoms with Gasteiger partial charge in [0, 0.05) is 0 Å². The Morgan fingerprint density at radius 2 is 1.68 bits per heavy atom. The van der Waals surface area contributed by atoms with Crippen molar-refractivity contribution in [3.8, 4) is 0 Å². The fourth-order valence-corrected chi connectivity index (χ4v) is 3.33. The van der Waals surface area contributed by atoms with Gasteiger partial charge in [0.1, 0.15) is 24.4 Å². The number of rotatable bonds is 4. The van der Waals surface area contributed by atoms with E-state index >= 15 is 0 Å². The van der Waals surface area contributed by atoms with Crippen LogP contribution >= 0.6 is 0 Å². The third-order valence-electron chi connectivity index (χ3n) is 4.91. The SMILES string of the molecule is CC(C)(C)[Si](C)(C)OC[C@H]1O[C@@H](c2ccccc2)[C@@H](O)[C@H]1O. The minimum atomic E-state index is -1.90. The van der Waals surface area contributed by atoms with Crippen LogP contribution in [0.5, 0.6) is 0 Å². The molecule has 1 heterocycles. The van der Waals surface area contributed by atoms with Crippen molar-refractivity contribution in [2.24, 2.45) is 0 Å². The first-order valence-electron chi connectivity index (χ1n) is 7.84. The van der Waals surface area contributed by atoms with Crippen LogP contribution in [0.1, 0.15) is 32.4 Å². The van der Waals surface area contributed by atoms with Crippen molar-refractivity contribution >= 4 is 8.32 Å². The molecule has 0 amide bonds. The van der Waals surface area contributed by atoms with E-state index in [9.17, 15) is 10.2 Å². The maximum atomic E-state index is 10.3. The second-order valence-corrected chi connectivity index (χ2v) is 12.4. The maximum absolute atomic E-state index is 10.3. The van der Waals surface area contributed by atoms with Gasteiger partial charge in [0.05, 0.1) is 6.61 Å². The maximum Gasteiger partial charge on any atom is 0.192 e. The highest BCUT2D eigenvalue weighted by molar-refractivity contribution is 6.74. The fourth-order valence-electron chi connectivity index (χ4n) is 2.31. The molecule has 5 heteroatoms. The van der Waals surface area contributed by atoms with Crippen molar-refractivity contribution in [1.82, 2.24) is 0 Å². The average Bonchev–Trinajstić information content (AvgIpc) is 2.73. The molecule has 4 atom stereocenters. The Hall–Kier alpha value is -0.723. The molecular formula is C17H28O4Si. The number of hydrogen-bond acceptors (Lipinski definition) is 4. The van der Waals surface area contributed by atoms with Crippen LogP contribution in [0.2, 0.25) is 18.1 Å². The standard InChI is InChI=1S/C17H28O4Si/c1-17(2,3)22(4,5)20-11-13-14(18)15(19)16(21-13)12-9-7-6-8-10-12/h6-10,13-16,18-19H,11H2,1-5H3/t13-,14+,15+,16+/m1/s1. The lowest BCUT2D eigenvalue weighted by Gasteiger charge is -2.37. The molecule has 0 unspecified atom stereocenters. The zero-order valence-electron chi connectivity index (χ0n) is 14.1. The van der Waals surface area contributed by atoms with E-state index in [0.717, 1.165) is 5.56 Å². The Labute approximate surface area is 134 Å². The van der Waals surface area contributed by atoms with E-state index in [-0.39, 0.29) is 5.04 Å². The van der Waals surface area contributed by atoms with Crippen LogP contribution in [-0.4, -0.2) is 43.4 Å². The van der Waals surface area contributed by atoms with Crippen molar-refractivity contribution in [2.75, 3.05) is 6.61 Å². The Morgan fingerprint density at radius 1 is 1.09 bits per heavy atom. The predicted octanol–water partition coefficient (Wildman–Crippen LogP) is 2.87. The summed E-state index contributed by atoms with van der Waals surface area (Å²) >= 11 is 0. The molecule has 1 aromatic carbocycles. The summed E-state index contributed by atoms with van der Waals surface area (Å²) in [6.07, 6.45) is -2.83. The smallest absolute Gasteiger partial charge is 0.192 e. The van der Waals surface area contributed by atoms with E-state index < -0.39 is 32.7 Å². The zero-order chi connectivity index (χ0) is 16.5. The Bertz CT molecular complexity index is 483. The molecule has 0 spiro atoms. The molecule has 0 bridgehead atoms. The molecule has 2 rings (SSSR count). The summed E-state index contributed by atoms with van der Waals surface area (Å²) in [5.74, 6) is 0. The summed E-state index contributed by atoms with van der Waals surface area (Å²) in [6.45, 7) is 11.2. The highest BCUT2D eigenvalue weighted by Crippen LogP contribution is 2.38. The lowest BCUT2D eigenvalue weighted by Crippen LogP contribution is -2.44. The topological polar surface area (TPSA) is 58.9 Å². The van der Waals surface area contributed by atoms with Gasteiger partial charge in [0.2, 0.25) is 0 Å². The Morgan fingerprint density at radius 3 is 2.23 bits per heavy atom. The molecule has 1 aliphatic heterocycles. The molecule has 0 saturated carbocycles. The average molecular weight is 324 g/mol. The van der Waals surface area contributed by atoms with E-state index in [1.165, 1.54) is 0 Å². The highest BCUT2D eigenvalue weighted by Gasteiger charge is 2.45. The van der Waals surface area contributed by atoms with E-state index in [1.807, 2.05) is 30.3 Å². The van der Waals surface area contributed by atoms with Crippen molar-refractivity contribution in [3.63, 3.8) is 0 Å². The van der Waals surface area contributed by atoms with Gasteiger partial charge in [-0.05, 0) is 23.7 Å². The molecule has 4 nitrogen and oxygen atoms in total. The Kier molecular flexibility index (Phi) is 5.14. The van der Waals surface area contributed by atoms with Crippen molar-refractivity contribution in [2.45, 2.75) is 63.3 Å². The lowest BCUT2D eigenvalue weighted by atomic mass is 10.0. The van der Waals surface area contributed by atoms with Gasteiger partial charge >= 0.3 is 0 Å². The number of benzene rings is 1. The van der Waals surface area contributed by atoms with Gasteiger partial charge in [0.25, 0.3) is 0 Å². The zero-order valence-corrected chi connectivity index (χ0v) is 15.1. The summed E-state index contributed by atoms with van der Waals surface area (Å²) in [7, 11) is -1.90. The van der Waals surface area contributed by atoms with Crippen LogP contribution in [0.25, 0.3) is 0 Å². The van der Waals surface area contributed by atoms with Crippen LogP contribution < -0.4 is 0 Å². The third kappa shape index (κ3) is 3.60. The van der Waals surface area contributed by atoms with E-state index in [0.29, 0.717) is 6.61 Å². The van der Waals surface area contributed by atoms with Crippen LogP contribution in [0.3, 0.4) is 0 Å². The van der Waals surface area contributed by atoms with Gasteiger partial charge < -0.3 is 19.4 Å².